The van der Waals surface area contributed by atoms with E-state index < -0.39 is 0 Å². The molecule has 0 aromatic heterocycles. The fourth-order valence-electron chi connectivity index (χ4n) is 2.03. The predicted octanol–water partition coefficient (Wildman–Crippen LogP) is 3.31. The normalized spacial score (nSPS) is 20.1. The number of piperidine rings is 1. The summed E-state index contributed by atoms with van der Waals surface area (Å²) in [7, 11) is 0. The lowest BCUT2D eigenvalue weighted by atomic mass is 10.1. The molecule has 1 fully saturated rings. The van der Waals surface area contributed by atoms with Crippen LogP contribution in [0.25, 0.3) is 0 Å². The van der Waals surface area contributed by atoms with Crippen molar-refractivity contribution < 1.29 is 5.11 Å². The first-order valence-corrected chi connectivity index (χ1v) is 6.69. The lowest BCUT2D eigenvalue weighted by molar-refractivity contribution is 0.221. The third-order valence-electron chi connectivity index (χ3n) is 2.90. The molecule has 1 aliphatic heterocycles. The maximum atomic E-state index is 9.78. The van der Waals surface area contributed by atoms with Gasteiger partial charge in [0.1, 0.15) is 5.75 Å². The second-order valence-electron chi connectivity index (χ2n) is 3.99. The van der Waals surface area contributed by atoms with Crippen LogP contribution in [0.2, 0.25) is 0 Å². The molecule has 0 saturated carbocycles. The van der Waals surface area contributed by atoms with Crippen LogP contribution in [0.5, 0.6) is 5.75 Å². The highest BCUT2D eigenvalue weighted by atomic mass is 127. The molecule has 1 heterocycles. The van der Waals surface area contributed by atoms with Crippen molar-refractivity contribution in [1.82, 2.24) is 4.90 Å². The van der Waals surface area contributed by atoms with Crippen molar-refractivity contribution in [2.24, 2.45) is 0 Å². The first-order chi connectivity index (χ1) is 7.29. The number of hydrogen-bond acceptors (Lipinski definition) is 2. The number of alkyl halides is 1. The van der Waals surface area contributed by atoms with Crippen LogP contribution in [-0.2, 0) is 0 Å². The SMILES string of the molecule is Oc1ccccc1C(I)N1CCCCC1. The van der Waals surface area contributed by atoms with Gasteiger partial charge in [-0.05, 0) is 32.0 Å². The van der Waals surface area contributed by atoms with E-state index in [1.807, 2.05) is 18.2 Å². The van der Waals surface area contributed by atoms with E-state index in [1.165, 1.54) is 19.3 Å². The van der Waals surface area contributed by atoms with E-state index >= 15 is 0 Å². The highest BCUT2D eigenvalue weighted by molar-refractivity contribution is 14.1. The molecule has 0 bridgehead atoms. The van der Waals surface area contributed by atoms with Crippen LogP contribution in [0.3, 0.4) is 0 Å². The fourth-order valence-corrected chi connectivity index (χ4v) is 3.11. The van der Waals surface area contributed by atoms with Gasteiger partial charge in [0.05, 0.1) is 4.05 Å². The predicted molar refractivity (Wildman–Crippen MR) is 70.3 cm³/mol. The molecule has 1 aliphatic rings. The maximum absolute atomic E-state index is 9.78. The lowest BCUT2D eigenvalue weighted by Gasteiger charge is -2.31. The van der Waals surface area contributed by atoms with Gasteiger partial charge in [-0.15, -0.1) is 0 Å². The van der Waals surface area contributed by atoms with Gasteiger partial charge in [0.25, 0.3) is 0 Å². The number of rotatable bonds is 2. The lowest BCUT2D eigenvalue weighted by Crippen LogP contribution is -2.30. The van der Waals surface area contributed by atoms with E-state index in [2.05, 4.69) is 27.5 Å². The van der Waals surface area contributed by atoms with Crippen molar-refractivity contribution in [3.8, 4) is 5.75 Å². The molecule has 1 aromatic rings. The topological polar surface area (TPSA) is 23.5 Å². The number of para-hydroxylation sites is 1. The highest BCUT2D eigenvalue weighted by Gasteiger charge is 2.21. The number of phenols is 1. The molecule has 2 rings (SSSR count). The average Bonchev–Trinajstić information content (AvgIpc) is 2.30. The molecule has 3 heteroatoms. The minimum absolute atomic E-state index is 0.309. The van der Waals surface area contributed by atoms with Crippen molar-refractivity contribution in [3.63, 3.8) is 0 Å². The average molecular weight is 317 g/mol. The Balaban J connectivity index is 2.12. The van der Waals surface area contributed by atoms with Crippen LogP contribution >= 0.6 is 22.6 Å². The summed E-state index contributed by atoms with van der Waals surface area (Å²) >= 11 is 2.42. The van der Waals surface area contributed by atoms with Gasteiger partial charge in [0.2, 0.25) is 0 Å². The number of benzene rings is 1. The summed E-state index contributed by atoms with van der Waals surface area (Å²) in [6.07, 6.45) is 3.92. The molecule has 0 aliphatic carbocycles. The Bertz CT molecular complexity index is 323. The molecule has 0 spiro atoms. The number of nitrogens with zero attached hydrogens (tertiary/aromatic N) is 1. The van der Waals surface area contributed by atoms with Gasteiger partial charge in [-0.2, -0.15) is 0 Å². The van der Waals surface area contributed by atoms with Crippen LogP contribution in [0.1, 0.15) is 28.9 Å². The van der Waals surface area contributed by atoms with E-state index in [4.69, 9.17) is 0 Å². The maximum Gasteiger partial charge on any atom is 0.121 e. The highest BCUT2D eigenvalue weighted by Crippen LogP contribution is 2.34. The Morgan fingerprint density at radius 3 is 2.47 bits per heavy atom. The van der Waals surface area contributed by atoms with E-state index in [9.17, 15) is 5.11 Å². The summed E-state index contributed by atoms with van der Waals surface area (Å²) < 4.78 is 0.309. The third-order valence-corrected chi connectivity index (χ3v) is 4.36. The summed E-state index contributed by atoms with van der Waals surface area (Å²) in [5.74, 6) is 0.419. The van der Waals surface area contributed by atoms with Crippen molar-refractivity contribution in [1.29, 1.82) is 0 Å². The van der Waals surface area contributed by atoms with Crippen molar-refractivity contribution >= 4 is 22.6 Å². The molecule has 82 valence electrons. The minimum Gasteiger partial charge on any atom is -0.508 e. The minimum atomic E-state index is 0.309. The van der Waals surface area contributed by atoms with Gasteiger partial charge in [0.15, 0.2) is 0 Å². The Hall–Kier alpha value is -0.290. The molecule has 1 saturated heterocycles. The molecule has 2 nitrogen and oxygen atoms in total. The molecule has 1 aromatic carbocycles. The zero-order valence-electron chi connectivity index (χ0n) is 8.69. The molecule has 1 unspecified atom stereocenters. The number of hydrogen-bond donors (Lipinski definition) is 1. The summed E-state index contributed by atoms with van der Waals surface area (Å²) in [4.78, 5) is 2.44. The first-order valence-electron chi connectivity index (χ1n) is 5.45. The van der Waals surface area contributed by atoms with E-state index in [0.29, 0.717) is 9.80 Å². The van der Waals surface area contributed by atoms with Crippen LogP contribution in [-0.4, -0.2) is 23.1 Å². The molecule has 1 atom stereocenters. The van der Waals surface area contributed by atoms with Gasteiger partial charge in [-0.1, -0.05) is 47.2 Å². The third kappa shape index (κ3) is 2.64. The first kappa shape index (κ1) is 11.2. The number of halogens is 1. The van der Waals surface area contributed by atoms with Crippen molar-refractivity contribution in [3.05, 3.63) is 29.8 Å². The Kier molecular flexibility index (Phi) is 3.86. The number of aromatic hydroxyl groups is 1. The van der Waals surface area contributed by atoms with Gasteiger partial charge in [0, 0.05) is 5.56 Å². The fraction of sp³-hybridized carbons (Fsp3) is 0.500. The standard InChI is InChI=1S/C12H16INO/c13-12(14-8-4-1-5-9-14)10-6-2-3-7-11(10)15/h2-3,6-7,12,15H,1,4-5,8-9H2. The molecule has 15 heavy (non-hydrogen) atoms. The van der Waals surface area contributed by atoms with Crippen molar-refractivity contribution in [2.45, 2.75) is 23.3 Å². The molecular formula is C12H16INO. The van der Waals surface area contributed by atoms with Crippen LogP contribution in [0.15, 0.2) is 24.3 Å². The van der Waals surface area contributed by atoms with Crippen LogP contribution in [0.4, 0.5) is 0 Å². The molecule has 0 amide bonds. The number of phenolic OH excluding ortho intramolecular Hbond substituents is 1. The molecular weight excluding hydrogens is 301 g/mol. The molecule has 0 radical (unpaired) electrons. The second-order valence-corrected chi connectivity index (χ2v) is 5.17. The summed E-state index contributed by atoms with van der Waals surface area (Å²) in [5, 5.41) is 9.78. The van der Waals surface area contributed by atoms with Crippen LogP contribution < -0.4 is 0 Å². The second kappa shape index (κ2) is 5.16. The Morgan fingerprint density at radius 1 is 1.13 bits per heavy atom. The monoisotopic (exact) mass is 317 g/mol. The van der Waals surface area contributed by atoms with E-state index in [-0.39, 0.29) is 0 Å². The zero-order chi connectivity index (χ0) is 10.7. The van der Waals surface area contributed by atoms with Gasteiger partial charge in [-0.3, -0.25) is 4.90 Å². The summed E-state index contributed by atoms with van der Waals surface area (Å²) in [6.45, 7) is 2.31. The number of likely N-dealkylation sites (tertiary alicyclic amines) is 1. The van der Waals surface area contributed by atoms with Gasteiger partial charge >= 0.3 is 0 Å². The van der Waals surface area contributed by atoms with Gasteiger partial charge < -0.3 is 5.11 Å². The largest absolute Gasteiger partial charge is 0.508 e. The quantitative estimate of drug-likeness (QED) is 0.514. The van der Waals surface area contributed by atoms with Crippen molar-refractivity contribution in [2.75, 3.05) is 13.1 Å². The van der Waals surface area contributed by atoms with Gasteiger partial charge in [-0.25, -0.2) is 0 Å². The summed E-state index contributed by atoms with van der Waals surface area (Å²) in [5.41, 5.74) is 1.04. The van der Waals surface area contributed by atoms with E-state index in [0.717, 1.165) is 18.7 Å². The van der Waals surface area contributed by atoms with Crippen LogP contribution in [0, 0.1) is 0 Å². The van der Waals surface area contributed by atoms with E-state index in [1.54, 1.807) is 6.07 Å². The summed E-state index contributed by atoms with van der Waals surface area (Å²) in [6, 6.07) is 7.65. The molecule has 1 N–H and O–H groups in total. The Morgan fingerprint density at radius 2 is 1.80 bits per heavy atom. The zero-order valence-corrected chi connectivity index (χ0v) is 10.9. The smallest absolute Gasteiger partial charge is 0.121 e. The Labute approximate surface area is 104 Å².